The number of hydrogen-bond donors (Lipinski definition) is 1. The summed E-state index contributed by atoms with van der Waals surface area (Å²) in [4.78, 5) is 9.40. The zero-order valence-corrected chi connectivity index (χ0v) is 14.5. The molecule has 1 N–H and O–H groups in total. The van der Waals surface area contributed by atoms with Crippen LogP contribution in [-0.4, -0.2) is 44.6 Å². The Hall–Kier alpha value is -1.71. The predicted octanol–water partition coefficient (Wildman–Crippen LogP) is 2.95. The maximum atomic E-state index is 4.86. The van der Waals surface area contributed by atoms with Gasteiger partial charge in [0.15, 0.2) is 5.96 Å². The van der Waals surface area contributed by atoms with E-state index in [9.17, 15) is 0 Å². The van der Waals surface area contributed by atoms with Crippen LogP contribution in [0.4, 0.5) is 5.69 Å². The summed E-state index contributed by atoms with van der Waals surface area (Å²) in [6.45, 7) is 8.35. The van der Waals surface area contributed by atoms with Crippen molar-refractivity contribution in [3.05, 3.63) is 29.8 Å². The molecular formula is C18H30N4. The topological polar surface area (TPSA) is 30.9 Å². The van der Waals surface area contributed by atoms with Crippen LogP contribution in [0.1, 0.15) is 32.3 Å². The third kappa shape index (κ3) is 4.65. The second kappa shape index (κ2) is 8.06. The van der Waals surface area contributed by atoms with Gasteiger partial charge in [-0.25, -0.2) is 4.99 Å². The third-order valence-corrected chi connectivity index (χ3v) is 4.13. The summed E-state index contributed by atoms with van der Waals surface area (Å²) in [5, 5.41) is 3.45. The summed E-state index contributed by atoms with van der Waals surface area (Å²) < 4.78 is 0. The van der Waals surface area contributed by atoms with Crippen LogP contribution < -0.4 is 10.2 Å². The summed E-state index contributed by atoms with van der Waals surface area (Å²) in [6, 6.07) is 8.60. The average molecular weight is 302 g/mol. The van der Waals surface area contributed by atoms with Crippen LogP contribution in [-0.2, 0) is 6.54 Å². The Labute approximate surface area is 135 Å². The fraction of sp³-hybridized carbons (Fsp3) is 0.611. The molecule has 0 amide bonds. The van der Waals surface area contributed by atoms with E-state index in [2.05, 4.69) is 67.3 Å². The van der Waals surface area contributed by atoms with Gasteiger partial charge in [0.1, 0.15) is 0 Å². The second-order valence-corrected chi connectivity index (χ2v) is 6.43. The maximum absolute atomic E-state index is 4.86. The Morgan fingerprint density at radius 3 is 2.91 bits per heavy atom. The van der Waals surface area contributed by atoms with Crippen molar-refractivity contribution < 1.29 is 0 Å². The van der Waals surface area contributed by atoms with Gasteiger partial charge in [-0.2, -0.15) is 0 Å². The van der Waals surface area contributed by atoms with E-state index < -0.39 is 0 Å². The van der Waals surface area contributed by atoms with Gasteiger partial charge >= 0.3 is 0 Å². The first-order valence-electron chi connectivity index (χ1n) is 8.39. The van der Waals surface area contributed by atoms with Crippen molar-refractivity contribution in [2.24, 2.45) is 10.9 Å². The Balaban J connectivity index is 2.08. The smallest absolute Gasteiger partial charge is 0.194 e. The first-order valence-corrected chi connectivity index (χ1v) is 8.39. The van der Waals surface area contributed by atoms with Gasteiger partial charge in [-0.3, -0.25) is 0 Å². The van der Waals surface area contributed by atoms with E-state index >= 15 is 0 Å². The molecule has 0 radical (unpaired) electrons. The molecule has 1 aromatic rings. The van der Waals surface area contributed by atoms with Crippen molar-refractivity contribution in [2.75, 3.05) is 38.6 Å². The SMILES string of the molecule is CCNC(=NCc1cccc(N(C)C)c1)N1CCCC(C)C1. The summed E-state index contributed by atoms with van der Waals surface area (Å²) in [6.07, 6.45) is 2.60. The minimum Gasteiger partial charge on any atom is -0.378 e. The van der Waals surface area contributed by atoms with Crippen LogP contribution in [0, 0.1) is 5.92 Å². The van der Waals surface area contributed by atoms with Crippen LogP contribution in [0.3, 0.4) is 0 Å². The molecular weight excluding hydrogens is 272 g/mol. The Morgan fingerprint density at radius 1 is 1.41 bits per heavy atom. The first kappa shape index (κ1) is 16.7. The monoisotopic (exact) mass is 302 g/mol. The second-order valence-electron chi connectivity index (χ2n) is 6.43. The van der Waals surface area contributed by atoms with Crippen molar-refractivity contribution in [1.82, 2.24) is 10.2 Å². The highest BCUT2D eigenvalue weighted by molar-refractivity contribution is 5.80. The van der Waals surface area contributed by atoms with E-state index in [0.717, 1.165) is 38.1 Å². The van der Waals surface area contributed by atoms with Crippen molar-refractivity contribution in [2.45, 2.75) is 33.2 Å². The average Bonchev–Trinajstić information content (AvgIpc) is 2.51. The highest BCUT2D eigenvalue weighted by atomic mass is 15.3. The van der Waals surface area contributed by atoms with Gasteiger partial charge in [-0.1, -0.05) is 19.1 Å². The number of likely N-dealkylation sites (tertiary alicyclic amines) is 1. The first-order chi connectivity index (χ1) is 10.6. The van der Waals surface area contributed by atoms with Crippen LogP contribution in [0.2, 0.25) is 0 Å². The fourth-order valence-electron chi connectivity index (χ4n) is 2.91. The van der Waals surface area contributed by atoms with Crippen LogP contribution in [0.25, 0.3) is 0 Å². The quantitative estimate of drug-likeness (QED) is 0.685. The molecule has 0 saturated carbocycles. The summed E-state index contributed by atoms with van der Waals surface area (Å²) in [5.74, 6) is 1.82. The fourth-order valence-corrected chi connectivity index (χ4v) is 2.91. The van der Waals surface area contributed by atoms with E-state index in [1.165, 1.54) is 24.1 Å². The van der Waals surface area contributed by atoms with Crippen LogP contribution >= 0.6 is 0 Å². The van der Waals surface area contributed by atoms with E-state index in [1.807, 2.05) is 0 Å². The lowest BCUT2D eigenvalue weighted by atomic mass is 10.0. The molecule has 22 heavy (non-hydrogen) atoms. The van der Waals surface area contributed by atoms with Gasteiger partial charge in [0.2, 0.25) is 0 Å². The molecule has 1 fully saturated rings. The molecule has 4 heteroatoms. The molecule has 1 aliphatic heterocycles. The number of benzene rings is 1. The lowest BCUT2D eigenvalue weighted by Gasteiger charge is -2.33. The molecule has 1 heterocycles. The van der Waals surface area contributed by atoms with Crippen molar-refractivity contribution in [3.63, 3.8) is 0 Å². The lowest BCUT2D eigenvalue weighted by Crippen LogP contribution is -2.46. The Bertz CT molecular complexity index is 496. The lowest BCUT2D eigenvalue weighted by molar-refractivity contribution is 0.266. The van der Waals surface area contributed by atoms with Gasteiger partial charge < -0.3 is 15.1 Å². The summed E-state index contributed by atoms with van der Waals surface area (Å²) in [7, 11) is 4.14. The normalized spacial score (nSPS) is 19.2. The van der Waals surface area contributed by atoms with E-state index in [4.69, 9.17) is 4.99 Å². The molecule has 1 aromatic carbocycles. The minimum atomic E-state index is 0.731. The van der Waals surface area contributed by atoms with Crippen LogP contribution in [0.5, 0.6) is 0 Å². The van der Waals surface area contributed by atoms with E-state index in [-0.39, 0.29) is 0 Å². The number of nitrogens with one attached hydrogen (secondary N) is 1. The summed E-state index contributed by atoms with van der Waals surface area (Å²) in [5.41, 5.74) is 2.48. The van der Waals surface area contributed by atoms with E-state index in [0.29, 0.717) is 0 Å². The van der Waals surface area contributed by atoms with Crippen molar-refractivity contribution in [3.8, 4) is 0 Å². The molecule has 0 bridgehead atoms. The molecule has 0 aliphatic carbocycles. The molecule has 1 unspecified atom stereocenters. The number of anilines is 1. The van der Waals surface area contributed by atoms with Gasteiger partial charge in [-0.05, 0) is 43.4 Å². The van der Waals surface area contributed by atoms with Gasteiger partial charge in [0.05, 0.1) is 6.54 Å². The Kier molecular flexibility index (Phi) is 6.10. The highest BCUT2D eigenvalue weighted by Crippen LogP contribution is 2.17. The Morgan fingerprint density at radius 2 is 2.23 bits per heavy atom. The molecule has 122 valence electrons. The van der Waals surface area contributed by atoms with Gasteiger partial charge in [0, 0.05) is 39.4 Å². The number of piperidine rings is 1. The molecule has 2 rings (SSSR count). The molecule has 0 aromatic heterocycles. The van der Waals surface area contributed by atoms with Crippen molar-refractivity contribution >= 4 is 11.6 Å². The molecule has 1 atom stereocenters. The largest absolute Gasteiger partial charge is 0.378 e. The molecule has 0 spiro atoms. The van der Waals surface area contributed by atoms with Gasteiger partial charge in [-0.15, -0.1) is 0 Å². The molecule has 1 saturated heterocycles. The van der Waals surface area contributed by atoms with Crippen molar-refractivity contribution in [1.29, 1.82) is 0 Å². The summed E-state index contributed by atoms with van der Waals surface area (Å²) >= 11 is 0. The number of hydrogen-bond acceptors (Lipinski definition) is 2. The zero-order valence-electron chi connectivity index (χ0n) is 14.5. The van der Waals surface area contributed by atoms with Crippen LogP contribution in [0.15, 0.2) is 29.3 Å². The van der Waals surface area contributed by atoms with E-state index in [1.54, 1.807) is 0 Å². The number of guanidine groups is 1. The minimum absolute atomic E-state index is 0.731. The third-order valence-electron chi connectivity index (χ3n) is 4.13. The number of rotatable bonds is 4. The zero-order chi connectivity index (χ0) is 15.9. The standard InChI is InChI=1S/C18H30N4/c1-5-19-18(22-11-7-8-15(2)14-22)20-13-16-9-6-10-17(12-16)21(3)4/h6,9-10,12,15H,5,7-8,11,13-14H2,1-4H3,(H,19,20). The number of nitrogens with zero attached hydrogens (tertiary/aromatic N) is 3. The highest BCUT2D eigenvalue weighted by Gasteiger charge is 2.18. The maximum Gasteiger partial charge on any atom is 0.194 e. The van der Waals surface area contributed by atoms with Gasteiger partial charge in [0.25, 0.3) is 0 Å². The number of aliphatic imine (C=N–C) groups is 1. The molecule has 1 aliphatic rings. The predicted molar refractivity (Wildman–Crippen MR) is 95.6 cm³/mol. The molecule has 4 nitrogen and oxygen atoms in total.